The fourth-order valence-corrected chi connectivity index (χ4v) is 5.16. The molecule has 1 saturated carbocycles. The number of amides is 1. The van der Waals surface area contributed by atoms with Crippen LogP contribution in [0.2, 0.25) is 0 Å². The minimum atomic E-state index is -0.299. The maximum atomic E-state index is 13.0. The molecule has 0 aliphatic heterocycles. The average Bonchev–Trinajstić information content (AvgIpc) is 3.18. The van der Waals surface area contributed by atoms with Gasteiger partial charge in [0.25, 0.3) is 0 Å². The Labute approximate surface area is 153 Å². The summed E-state index contributed by atoms with van der Waals surface area (Å²) in [6, 6.07) is 6.34. The number of nitrogens with one attached hydrogen (secondary N) is 1. The highest BCUT2D eigenvalue weighted by molar-refractivity contribution is 8.02. The summed E-state index contributed by atoms with van der Waals surface area (Å²) in [5, 5.41) is 7.33. The van der Waals surface area contributed by atoms with Crippen molar-refractivity contribution in [1.82, 2.24) is 15.1 Å². The molecule has 0 radical (unpaired) electrons. The van der Waals surface area contributed by atoms with Gasteiger partial charge in [-0.05, 0) is 56.2 Å². The quantitative estimate of drug-likeness (QED) is 0.616. The molecule has 3 rings (SSSR count). The number of nitrogens with zero attached hydrogens (tertiary/aromatic N) is 2. The third-order valence-electron chi connectivity index (χ3n) is 3.95. The average molecular weight is 384 g/mol. The molecule has 1 amide bonds. The van der Waals surface area contributed by atoms with Gasteiger partial charge >= 0.3 is 0 Å². The fraction of sp³-hybridized carbons (Fsp3) is 0.438. The number of benzene rings is 1. The van der Waals surface area contributed by atoms with Crippen LogP contribution in [0, 0.1) is 9.77 Å². The molecule has 1 N–H and O–H groups in total. The minimum absolute atomic E-state index is 0.0429. The Morgan fingerprint density at radius 3 is 2.75 bits per heavy atom. The molecule has 0 unspecified atom stereocenters. The molecule has 1 fully saturated rings. The van der Waals surface area contributed by atoms with Gasteiger partial charge in [0.2, 0.25) is 5.91 Å². The second kappa shape index (κ2) is 7.76. The van der Waals surface area contributed by atoms with E-state index in [4.69, 9.17) is 12.2 Å². The van der Waals surface area contributed by atoms with Gasteiger partial charge in [0, 0.05) is 6.04 Å². The van der Waals surface area contributed by atoms with Crippen molar-refractivity contribution in [1.29, 1.82) is 0 Å². The molecule has 0 spiro atoms. The molecule has 1 aliphatic carbocycles. The summed E-state index contributed by atoms with van der Waals surface area (Å²) in [4.78, 5) is 12.3. The number of halogens is 1. The number of hydrogen-bond acceptors (Lipinski definition) is 5. The number of rotatable bonds is 5. The second-order valence-electron chi connectivity index (χ2n) is 5.77. The highest BCUT2D eigenvalue weighted by Crippen LogP contribution is 2.28. The predicted molar refractivity (Wildman–Crippen MR) is 98.0 cm³/mol. The zero-order chi connectivity index (χ0) is 17.1. The summed E-state index contributed by atoms with van der Waals surface area (Å²) in [6.07, 6.45) is 4.52. The van der Waals surface area contributed by atoms with Crippen molar-refractivity contribution in [2.24, 2.45) is 0 Å². The first-order valence-corrected chi connectivity index (χ1v) is 9.96. The van der Waals surface area contributed by atoms with E-state index in [1.165, 1.54) is 48.1 Å². The predicted octanol–water partition coefficient (Wildman–Crippen LogP) is 4.34. The first-order chi connectivity index (χ1) is 11.5. The zero-order valence-electron chi connectivity index (χ0n) is 13.2. The van der Waals surface area contributed by atoms with Gasteiger partial charge < -0.3 is 5.32 Å². The Morgan fingerprint density at radius 1 is 1.42 bits per heavy atom. The van der Waals surface area contributed by atoms with Crippen molar-refractivity contribution in [2.45, 2.75) is 48.2 Å². The van der Waals surface area contributed by atoms with E-state index in [9.17, 15) is 9.18 Å². The lowest BCUT2D eigenvalue weighted by molar-refractivity contribution is -0.120. The molecular formula is C16H18FN3OS3. The summed E-state index contributed by atoms with van der Waals surface area (Å²) in [5.41, 5.74) is 0.715. The van der Waals surface area contributed by atoms with Crippen LogP contribution in [0.15, 0.2) is 28.6 Å². The number of hydrogen-bond donors (Lipinski definition) is 1. The molecular weight excluding hydrogens is 365 g/mol. The van der Waals surface area contributed by atoms with Crippen molar-refractivity contribution in [2.75, 3.05) is 0 Å². The fourth-order valence-electron chi connectivity index (χ4n) is 2.65. The molecule has 1 aromatic heterocycles. The highest BCUT2D eigenvalue weighted by Gasteiger charge is 2.22. The standard InChI is InChI=1S/C16H18FN3OS3/c1-10(14(21)18-12-4-2-3-5-12)23-15-19-20(16(22)24-15)13-8-6-11(17)7-9-13/h6-10,12H,2-5H2,1H3,(H,18,21)/t10-/m0/s1. The second-order valence-corrected chi connectivity index (χ2v) is 8.98. The topological polar surface area (TPSA) is 46.9 Å². The molecule has 1 aliphatic rings. The number of aromatic nitrogens is 2. The third-order valence-corrected chi connectivity index (χ3v) is 6.37. The summed E-state index contributed by atoms with van der Waals surface area (Å²) < 4.78 is 15.9. The molecule has 0 bridgehead atoms. The zero-order valence-corrected chi connectivity index (χ0v) is 15.6. The van der Waals surface area contributed by atoms with Crippen LogP contribution in [0.4, 0.5) is 4.39 Å². The maximum absolute atomic E-state index is 13.0. The first kappa shape index (κ1) is 17.6. The molecule has 2 aromatic rings. The summed E-state index contributed by atoms with van der Waals surface area (Å²) in [5.74, 6) is -0.256. The third kappa shape index (κ3) is 4.23. The van der Waals surface area contributed by atoms with E-state index in [1.807, 2.05) is 6.92 Å². The van der Waals surface area contributed by atoms with E-state index in [1.54, 1.807) is 16.8 Å². The van der Waals surface area contributed by atoms with Crippen LogP contribution >= 0.6 is 35.3 Å². The number of carbonyl (C=O) groups is 1. The van der Waals surface area contributed by atoms with E-state index < -0.39 is 0 Å². The Morgan fingerprint density at radius 2 is 2.08 bits per heavy atom. The van der Waals surface area contributed by atoms with Crippen LogP contribution in [0.5, 0.6) is 0 Å². The van der Waals surface area contributed by atoms with Gasteiger partial charge in [0.05, 0.1) is 10.9 Å². The normalized spacial score (nSPS) is 16.2. The van der Waals surface area contributed by atoms with E-state index in [0.29, 0.717) is 15.7 Å². The van der Waals surface area contributed by atoms with Crippen molar-refractivity contribution >= 4 is 41.2 Å². The summed E-state index contributed by atoms with van der Waals surface area (Å²) in [7, 11) is 0. The van der Waals surface area contributed by atoms with E-state index in [-0.39, 0.29) is 17.0 Å². The van der Waals surface area contributed by atoms with Gasteiger partial charge in [-0.1, -0.05) is 35.9 Å². The van der Waals surface area contributed by atoms with Gasteiger partial charge in [-0.15, -0.1) is 5.10 Å². The van der Waals surface area contributed by atoms with Crippen LogP contribution in [-0.4, -0.2) is 27.0 Å². The summed E-state index contributed by atoms with van der Waals surface area (Å²) in [6.45, 7) is 1.88. The van der Waals surface area contributed by atoms with Crippen molar-refractivity contribution in [3.63, 3.8) is 0 Å². The van der Waals surface area contributed by atoms with Gasteiger partial charge in [-0.3, -0.25) is 4.79 Å². The van der Waals surface area contributed by atoms with Gasteiger partial charge in [0.1, 0.15) is 5.82 Å². The van der Waals surface area contributed by atoms with E-state index in [2.05, 4.69) is 10.4 Å². The lowest BCUT2D eigenvalue weighted by Gasteiger charge is -2.15. The van der Waals surface area contributed by atoms with E-state index >= 15 is 0 Å². The van der Waals surface area contributed by atoms with Gasteiger partial charge in [-0.2, -0.15) is 0 Å². The largest absolute Gasteiger partial charge is 0.352 e. The van der Waals surface area contributed by atoms with Crippen LogP contribution in [0.25, 0.3) is 5.69 Å². The van der Waals surface area contributed by atoms with Crippen LogP contribution in [-0.2, 0) is 4.79 Å². The number of carbonyl (C=O) groups excluding carboxylic acids is 1. The SMILES string of the molecule is C[C@H](Sc1nn(-c2ccc(F)cc2)c(=S)s1)C(=O)NC1CCCC1. The highest BCUT2D eigenvalue weighted by atomic mass is 32.2. The minimum Gasteiger partial charge on any atom is -0.352 e. The molecule has 1 aromatic carbocycles. The molecule has 24 heavy (non-hydrogen) atoms. The molecule has 1 heterocycles. The van der Waals surface area contributed by atoms with Crippen LogP contribution < -0.4 is 5.32 Å². The molecule has 8 heteroatoms. The van der Waals surface area contributed by atoms with E-state index in [0.717, 1.165) is 17.2 Å². The first-order valence-electron chi connectivity index (χ1n) is 7.86. The van der Waals surface area contributed by atoms with Gasteiger partial charge in [0.15, 0.2) is 8.29 Å². The lowest BCUT2D eigenvalue weighted by atomic mass is 10.2. The maximum Gasteiger partial charge on any atom is 0.233 e. The Balaban J connectivity index is 1.67. The van der Waals surface area contributed by atoms with Crippen molar-refractivity contribution < 1.29 is 9.18 Å². The smallest absolute Gasteiger partial charge is 0.233 e. The van der Waals surface area contributed by atoms with Crippen molar-refractivity contribution in [3.05, 3.63) is 34.0 Å². The molecule has 1 atom stereocenters. The van der Waals surface area contributed by atoms with Crippen LogP contribution in [0.1, 0.15) is 32.6 Å². The van der Waals surface area contributed by atoms with Crippen LogP contribution in [0.3, 0.4) is 0 Å². The summed E-state index contributed by atoms with van der Waals surface area (Å²) >= 11 is 8.09. The monoisotopic (exact) mass is 383 g/mol. The number of thioether (sulfide) groups is 1. The molecule has 4 nitrogen and oxygen atoms in total. The Kier molecular flexibility index (Phi) is 5.68. The lowest BCUT2D eigenvalue weighted by Crippen LogP contribution is -2.37. The molecule has 128 valence electrons. The molecule has 0 saturated heterocycles. The van der Waals surface area contributed by atoms with Crippen molar-refractivity contribution in [3.8, 4) is 5.69 Å². The van der Waals surface area contributed by atoms with Gasteiger partial charge in [-0.25, -0.2) is 9.07 Å². The Bertz CT molecular complexity index is 766. The Hall–Kier alpha value is -1.25.